The Morgan fingerprint density at radius 1 is 1.27 bits per heavy atom. The van der Waals surface area contributed by atoms with Crippen LogP contribution in [-0.4, -0.2) is 47.2 Å². The summed E-state index contributed by atoms with van der Waals surface area (Å²) in [4.78, 5) is 20.0. The summed E-state index contributed by atoms with van der Waals surface area (Å²) in [5.41, 5.74) is 9.38. The molecule has 1 aliphatic carbocycles. The van der Waals surface area contributed by atoms with E-state index in [9.17, 15) is 15.1 Å². The molecule has 0 bridgehead atoms. The lowest BCUT2D eigenvalue weighted by Crippen LogP contribution is -2.42. The van der Waals surface area contributed by atoms with Gasteiger partial charge in [0.05, 0.1) is 23.0 Å². The van der Waals surface area contributed by atoms with Crippen LogP contribution < -0.4 is 20.7 Å². The van der Waals surface area contributed by atoms with Crippen molar-refractivity contribution in [1.82, 2.24) is 0 Å². The molecule has 1 saturated heterocycles. The topological polar surface area (TPSA) is 115 Å². The molecule has 1 aromatic heterocycles. The number of nitrogens with zero attached hydrogens (tertiary/aromatic N) is 3. The highest BCUT2D eigenvalue weighted by Gasteiger charge is 2.28. The number of anilines is 3. The van der Waals surface area contributed by atoms with Crippen molar-refractivity contribution in [2.24, 2.45) is 4.99 Å². The third-order valence-corrected chi connectivity index (χ3v) is 6.74. The number of carbonyl (C=O) groups excluding carboxylic acids is 1. The highest BCUT2D eigenvalue weighted by molar-refractivity contribution is 6.05. The van der Waals surface area contributed by atoms with E-state index < -0.39 is 11.5 Å². The Balaban J connectivity index is 1.61. The van der Waals surface area contributed by atoms with Gasteiger partial charge >= 0.3 is 11.6 Å². The summed E-state index contributed by atoms with van der Waals surface area (Å²) in [6.45, 7) is 5.42. The predicted octanol–water partition coefficient (Wildman–Crippen LogP) is 3.07. The summed E-state index contributed by atoms with van der Waals surface area (Å²) < 4.78 is 0.891. The normalized spacial score (nSPS) is 23.2. The SMILES string of the molecule is Cc1cccc(C(=O)Nc2cc(C=NC3CCC(C)(O)CC3)c(N)cc2N2CCCC2)[n+]1O. The summed E-state index contributed by atoms with van der Waals surface area (Å²) in [6.07, 6.45) is 7.11. The predicted molar refractivity (Wildman–Crippen MR) is 129 cm³/mol. The lowest BCUT2D eigenvalue weighted by atomic mass is 9.84. The molecular formula is C25H34N5O3+. The van der Waals surface area contributed by atoms with Gasteiger partial charge in [0.25, 0.3) is 0 Å². The minimum absolute atomic E-state index is 0.154. The Kier molecular flexibility index (Phi) is 6.56. The van der Waals surface area contributed by atoms with Gasteiger partial charge in [0.15, 0.2) is 0 Å². The number of nitrogen functional groups attached to an aromatic ring is 1. The van der Waals surface area contributed by atoms with Gasteiger partial charge in [-0.25, -0.2) is 0 Å². The number of pyridine rings is 1. The number of aliphatic hydroxyl groups is 1. The molecule has 1 aliphatic heterocycles. The lowest BCUT2D eigenvalue weighted by Gasteiger charge is -2.31. The molecule has 0 atom stereocenters. The van der Waals surface area contributed by atoms with E-state index in [1.165, 1.54) is 0 Å². The van der Waals surface area contributed by atoms with Gasteiger partial charge in [-0.1, -0.05) is 0 Å². The van der Waals surface area contributed by atoms with Crippen LogP contribution in [-0.2, 0) is 0 Å². The molecule has 1 aromatic carbocycles. The zero-order chi connectivity index (χ0) is 23.6. The second kappa shape index (κ2) is 9.39. The number of benzene rings is 1. The minimum atomic E-state index is -0.598. The van der Waals surface area contributed by atoms with Crippen LogP contribution in [0.4, 0.5) is 17.1 Å². The number of aromatic nitrogens is 1. The summed E-state index contributed by atoms with van der Waals surface area (Å²) in [5.74, 6) is -0.399. The third-order valence-electron chi connectivity index (χ3n) is 6.74. The van der Waals surface area contributed by atoms with Gasteiger partial charge in [-0.05, 0) is 63.6 Å². The molecule has 2 aromatic rings. The van der Waals surface area contributed by atoms with Gasteiger partial charge in [-0.15, -0.1) is 0 Å². The molecule has 176 valence electrons. The van der Waals surface area contributed by atoms with E-state index in [1.807, 2.05) is 19.1 Å². The molecule has 0 radical (unpaired) electrons. The summed E-state index contributed by atoms with van der Waals surface area (Å²) >= 11 is 0. The van der Waals surface area contributed by atoms with Gasteiger partial charge in [-0.2, -0.15) is 0 Å². The monoisotopic (exact) mass is 452 g/mol. The Bertz CT molecular complexity index is 1050. The van der Waals surface area contributed by atoms with Crippen molar-refractivity contribution < 1.29 is 19.8 Å². The second-order valence-electron chi connectivity index (χ2n) is 9.52. The number of hydrogen-bond acceptors (Lipinski definition) is 6. The number of nitrogens with one attached hydrogen (secondary N) is 1. The quantitative estimate of drug-likeness (QED) is 0.241. The minimum Gasteiger partial charge on any atom is -0.398 e. The fraction of sp³-hybridized carbons (Fsp3) is 0.480. The number of aryl methyl sites for hydroxylation is 1. The molecule has 0 unspecified atom stereocenters. The number of aliphatic imine (C=N–C) groups is 1. The van der Waals surface area contributed by atoms with Gasteiger partial charge in [0, 0.05) is 54.3 Å². The first-order valence-electron chi connectivity index (χ1n) is 11.7. The van der Waals surface area contributed by atoms with Crippen LogP contribution >= 0.6 is 0 Å². The van der Waals surface area contributed by atoms with Crippen LogP contribution in [0.2, 0.25) is 0 Å². The average molecular weight is 453 g/mol. The molecule has 8 nitrogen and oxygen atoms in total. The number of nitrogens with two attached hydrogens (primary N) is 1. The maximum Gasteiger partial charge on any atom is 0.325 e. The Morgan fingerprint density at radius 2 is 1.97 bits per heavy atom. The highest BCUT2D eigenvalue weighted by atomic mass is 16.5. The number of carbonyl (C=O) groups is 1. The van der Waals surface area contributed by atoms with Crippen LogP contribution in [0.1, 0.15) is 67.2 Å². The Morgan fingerprint density at radius 3 is 2.67 bits per heavy atom. The van der Waals surface area contributed by atoms with Crippen molar-refractivity contribution in [3.05, 3.63) is 47.3 Å². The number of hydrogen-bond donors (Lipinski definition) is 4. The van der Waals surface area contributed by atoms with E-state index in [1.54, 1.807) is 31.3 Å². The standard InChI is InChI=1S/C25H33N5O3/c1-17-6-5-7-22(30(17)33)24(31)28-21-14-18(16-27-19-8-10-25(2,32)11-9-19)20(26)15-23(21)29-12-3-4-13-29/h5-7,14-16,19,26,31-33H,3-4,8-13H2,1-2H3/p+1. The van der Waals surface area contributed by atoms with E-state index in [0.717, 1.165) is 67.6 Å². The molecule has 2 aliphatic rings. The molecule has 1 amide bonds. The molecule has 4 rings (SSSR count). The van der Waals surface area contributed by atoms with Crippen LogP contribution in [0, 0.1) is 6.92 Å². The Labute approximate surface area is 194 Å². The van der Waals surface area contributed by atoms with Crippen molar-refractivity contribution >= 4 is 29.2 Å². The van der Waals surface area contributed by atoms with Gasteiger partial charge in [0.2, 0.25) is 5.69 Å². The Hall–Kier alpha value is -3.13. The second-order valence-corrected chi connectivity index (χ2v) is 9.52. The number of rotatable bonds is 5. The third kappa shape index (κ3) is 5.27. The smallest absolute Gasteiger partial charge is 0.325 e. The largest absolute Gasteiger partial charge is 0.398 e. The zero-order valence-corrected chi connectivity index (χ0v) is 19.4. The molecule has 8 heteroatoms. The van der Waals surface area contributed by atoms with Crippen molar-refractivity contribution in [1.29, 1.82) is 0 Å². The van der Waals surface area contributed by atoms with E-state index in [2.05, 4.69) is 10.2 Å². The lowest BCUT2D eigenvalue weighted by molar-refractivity contribution is -0.909. The van der Waals surface area contributed by atoms with E-state index in [0.29, 0.717) is 17.1 Å². The summed E-state index contributed by atoms with van der Waals surface area (Å²) in [5, 5.41) is 23.4. The zero-order valence-electron chi connectivity index (χ0n) is 19.4. The molecule has 2 fully saturated rings. The molecular weight excluding hydrogens is 418 g/mol. The molecule has 2 heterocycles. The van der Waals surface area contributed by atoms with Crippen LogP contribution in [0.15, 0.2) is 35.3 Å². The first-order chi connectivity index (χ1) is 15.7. The fourth-order valence-corrected chi connectivity index (χ4v) is 4.58. The molecule has 33 heavy (non-hydrogen) atoms. The fourth-order valence-electron chi connectivity index (χ4n) is 4.58. The van der Waals surface area contributed by atoms with E-state index in [-0.39, 0.29) is 11.7 Å². The first kappa shape index (κ1) is 23.0. The molecule has 5 N–H and O–H groups in total. The van der Waals surface area contributed by atoms with Crippen LogP contribution in [0.5, 0.6) is 0 Å². The van der Waals surface area contributed by atoms with Crippen molar-refractivity contribution in [3.63, 3.8) is 0 Å². The van der Waals surface area contributed by atoms with Crippen LogP contribution in [0.25, 0.3) is 0 Å². The molecule has 0 spiro atoms. The van der Waals surface area contributed by atoms with E-state index in [4.69, 9.17) is 10.7 Å². The van der Waals surface area contributed by atoms with Gasteiger partial charge in [-0.3, -0.25) is 15.0 Å². The first-order valence-corrected chi connectivity index (χ1v) is 11.7. The van der Waals surface area contributed by atoms with Gasteiger partial charge in [0.1, 0.15) is 0 Å². The van der Waals surface area contributed by atoms with E-state index >= 15 is 0 Å². The average Bonchev–Trinajstić information content (AvgIpc) is 3.31. The highest BCUT2D eigenvalue weighted by Crippen LogP contribution is 2.34. The summed E-state index contributed by atoms with van der Waals surface area (Å²) in [7, 11) is 0. The number of amides is 1. The van der Waals surface area contributed by atoms with Gasteiger partial charge < -0.3 is 21.1 Å². The summed E-state index contributed by atoms with van der Waals surface area (Å²) in [6, 6.07) is 8.96. The van der Waals surface area contributed by atoms with Crippen molar-refractivity contribution in [2.45, 2.75) is 64.0 Å². The molecule has 1 saturated carbocycles. The maximum absolute atomic E-state index is 13.0. The maximum atomic E-state index is 13.0. The van der Waals surface area contributed by atoms with Crippen LogP contribution in [0.3, 0.4) is 0 Å². The van der Waals surface area contributed by atoms with Crippen molar-refractivity contribution in [3.8, 4) is 0 Å². The van der Waals surface area contributed by atoms with Crippen molar-refractivity contribution in [2.75, 3.05) is 29.0 Å².